The third-order valence-corrected chi connectivity index (χ3v) is 11.3. The molecular weight excluding hydrogens is 799 g/mol. The van der Waals surface area contributed by atoms with Crippen molar-refractivity contribution in [2.24, 2.45) is 0 Å². The number of allylic oxidation sites excluding steroid dienone is 3. The van der Waals surface area contributed by atoms with Crippen LogP contribution in [0, 0.1) is 0 Å². The van der Waals surface area contributed by atoms with Crippen molar-refractivity contribution in [2.75, 3.05) is 70.4 Å². The number of hydrogen-bond acceptors (Lipinski definition) is 10. The summed E-state index contributed by atoms with van der Waals surface area (Å²) in [7, 11) is -6.94. The number of methoxy groups -OCH3 is 1. The van der Waals surface area contributed by atoms with Gasteiger partial charge in [-0.3, -0.25) is 13.9 Å². The molecule has 0 bridgehead atoms. The molecule has 0 spiro atoms. The van der Waals surface area contributed by atoms with Crippen molar-refractivity contribution in [3.8, 4) is 11.3 Å². The van der Waals surface area contributed by atoms with Crippen molar-refractivity contribution in [1.82, 2.24) is 4.58 Å². The number of benzene rings is 2. The molecule has 0 amide bonds. The maximum Gasteiger partial charge on any atom is 1.00 e. The van der Waals surface area contributed by atoms with Crippen LogP contribution < -0.4 is 73.9 Å². The molecule has 1 aliphatic carbocycles. The van der Waals surface area contributed by atoms with E-state index in [0.29, 0.717) is 84.1 Å². The Labute approximate surface area is 380 Å². The first-order valence-electron chi connectivity index (χ1n) is 18.4. The van der Waals surface area contributed by atoms with E-state index in [1.807, 2.05) is 60.9 Å². The number of hydrogen-bond donors (Lipinski definition) is 3. The van der Waals surface area contributed by atoms with Crippen LogP contribution in [0.15, 0.2) is 75.9 Å². The van der Waals surface area contributed by atoms with Gasteiger partial charge in [0.2, 0.25) is 5.36 Å². The molecule has 0 saturated carbocycles. The minimum atomic E-state index is -4.49. The first kappa shape index (κ1) is 51.2. The largest absolute Gasteiger partial charge is 1.00 e. The van der Waals surface area contributed by atoms with E-state index in [9.17, 15) is 26.2 Å². The summed E-state index contributed by atoms with van der Waals surface area (Å²) in [5.41, 5.74) is 3.40. The molecule has 0 saturated heterocycles. The molecular formula is C39H53N2Na2O12S2+3. The van der Waals surface area contributed by atoms with Crippen LogP contribution in [0.25, 0.3) is 17.4 Å². The van der Waals surface area contributed by atoms with Gasteiger partial charge in [-0.15, -0.1) is 0 Å². The van der Waals surface area contributed by atoms with Crippen LogP contribution in [0.3, 0.4) is 0 Å². The van der Waals surface area contributed by atoms with Gasteiger partial charge in [0.05, 0.1) is 49.4 Å². The first-order chi connectivity index (χ1) is 26.2. The molecule has 1 aromatic carbocycles. The standard InChI is InChI=1S/C39H52N2O12S2.2Na/c1-4-40(19-9-27-54(44,45)46)31-13-15-33-30(17-21-53-36(33)28-31)10-8-11-37-39(2,18-22-51-25-26-52-24-23-50-3)34-29-32(55(47,48)49)14-16-35(34)41(37)20-7-5-6-12-38(42)43;;/h8,10-11,13-17,21,28-29H,4-7,9,12,18-20,22-27H2,1-3H3,(H2-,42,43,44,45,46,47,48,49);;/q;2*+1/p+1. The van der Waals surface area contributed by atoms with Gasteiger partial charge < -0.3 is 28.6 Å². The number of carboxylic acid groups (broad SMARTS) is 1. The Balaban J connectivity index is 0.00000561. The summed E-state index contributed by atoms with van der Waals surface area (Å²) in [4.78, 5) is 13.1. The van der Waals surface area contributed by atoms with E-state index in [0.717, 1.165) is 33.4 Å². The summed E-state index contributed by atoms with van der Waals surface area (Å²) >= 11 is 0. The number of fused-ring (bicyclic) bond motifs is 2. The molecule has 14 nitrogen and oxygen atoms in total. The van der Waals surface area contributed by atoms with Crippen LogP contribution >= 0.6 is 0 Å². The number of carbonyl (C=O) groups is 1. The Kier molecular flexibility index (Phi) is 21.9. The molecule has 0 fully saturated rings. The smallest absolute Gasteiger partial charge is 0.481 e. The number of unbranched alkanes of at least 4 members (excludes halogenated alkanes) is 2. The summed E-state index contributed by atoms with van der Waals surface area (Å²) in [6, 6.07) is 12.2. The zero-order chi connectivity index (χ0) is 40.1. The van der Waals surface area contributed by atoms with E-state index in [4.69, 9.17) is 28.3 Å². The second-order valence-electron chi connectivity index (χ2n) is 13.5. The fourth-order valence-electron chi connectivity index (χ4n) is 6.77. The van der Waals surface area contributed by atoms with Crippen molar-refractivity contribution >= 4 is 38.0 Å². The second kappa shape index (κ2) is 24.4. The normalized spacial score (nSPS) is 16.8. The molecule has 57 heavy (non-hydrogen) atoms. The molecule has 3 aliphatic rings. The third kappa shape index (κ3) is 15.3. The number of rotatable bonds is 23. The van der Waals surface area contributed by atoms with E-state index in [1.54, 1.807) is 19.4 Å². The minimum Gasteiger partial charge on any atom is -0.481 e. The number of anilines is 1. The summed E-state index contributed by atoms with van der Waals surface area (Å²) < 4.78 is 90.5. The summed E-state index contributed by atoms with van der Waals surface area (Å²) in [5, 5.41) is 9.99. The Morgan fingerprint density at radius 3 is 2.32 bits per heavy atom. The average molecular weight is 852 g/mol. The molecule has 2 aliphatic heterocycles. The van der Waals surface area contributed by atoms with Crippen molar-refractivity contribution in [2.45, 2.75) is 62.7 Å². The van der Waals surface area contributed by atoms with Gasteiger partial charge in [0, 0.05) is 61.5 Å². The third-order valence-electron chi connectivity index (χ3n) is 9.66. The van der Waals surface area contributed by atoms with Gasteiger partial charge in [0.15, 0.2) is 0 Å². The number of carboxylic acids is 1. The average Bonchev–Trinajstić information content (AvgIpc) is 3.36. The monoisotopic (exact) mass is 851 g/mol. The van der Waals surface area contributed by atoms with Gasteiger partial charge in [-0.25, -0.2) is 4.58 Å². The Morgan fingerprint density at radius 2 is 1.65 bits per heavy atom. The van der Waals surface area contributed by atoms with Gasteiger partial charge in [-0.2, -0.15) is 16.8 Å². The van der Waals surface area contributed by atoms with E-state index < -0.39 is 31.6 Å². The zero-order valence-electron chi connectivity index (χ0n) is 33.7. The van der Waals surface area contributed by atoms with Crippen LogP contribution in [0.4, 0.5) is 5.69 Å². The van der Waals surface area contributed by atoms with E-state index in [2.05, 4.69) is 4.90 Å². The summed E-state index contributed by atoms with van der Waals surface area (Å²) in [5.74, 6) is -0.540. The van der Waals surface area contributed by atoms with Crippen LogP contribution in [0.2, 0.25) is 0 Å². The van der Waals surface area contributed by atoms with E-state index in [-0.39, 0.29) is 82.6 Å². The summed E-state index contributed by atoms with van der Waals surface area (Å²) in [6.07, 6.45) is 10.2. The fourth-order valence-corrected chi connectivity index (χ4v) is 7.77. The molecule has 302 valence electrons. The zero-order valence-corrected chi connectivity index (χ0v) is 39.3. The predicted octanol–water partition coefficient (Wildman–Crippen LogP) is -0.901. The molecule has 0 aromatic heterocycles. The molecule has 0 radical (unpaired) electrons. The maximum atomic E-state index is 12.3. The maximum absolute atomic E-state index is 12.3. The number of aliphatic carboxylic acids is 1. The molecule has 4 rings (SSSR count). The Morgan fingerprint density at radius 1 is 0.930 bits per heavy atom. The van der Waals surface area contributed by atoms with Crippen LogP contribution in [0.1, 0.15) is 63.5 Å². The number of nitrogens with zero attached hydrogens (tertiary/aromatic N) is 2. The van der Waals surface area contributed by atoms with Gasteiger partial charge in [-0.1, -0.05) is 18.6 Å². The molecule has 1 aromatic rings. The van der Waals surface area contributed by atoms with E-state index in [1.165, 1.54) is 12.1 Å². The van der Waals surface area contributed by atoms with Crippen LogP contribution in [-0.2, 0) is 44.7 Å². The van der Waals surface area contributed by atoms with Crippen molar-refractivity contribution in [1.29, 1.82) is 0 Å². The second-order valence-corrected chi connectivity index (χ2v) is 16.5. The Bertz CT molecular complexity index is 2090. The molecule has 18 heteroatoms. The first-order valence-corrected chi connectivity index (χ1v) is 21.4. The van der Waals surface area contributed by atoms with Crippen LogP contribution in [0.5, 0.6) is 0 Å². The van der Waals surface area contributed by atoms with E-state index >= 15 is 0 Å². The topological polar surface area (TPSA) is 193 Å². The van der Waals surface area contributed by atoms with Gasteiger partial charge in [-0.05, 0) is 80.6 Å². The van der Waals surface area contributed by atoms with Crippen LogP contribution in [-0.4, -0.2) is 103 Å². The molecule has 1 unspecified atom stereocenters. The number of ether oxygens (including phenoxy) is 3. The summed E-state index contributed by atoms with van der Waals surface area (Å²) in [6.45, 7) is 7.62. The van der Waals surface area contributed by atoms with Crippen molar-refractivity contribution in [3.63, 3.8) is 0 Å². The molecule has 1 atom stereocenters. The fraction of sp³-hybridized carbons (Fsp3) is 0.487. The van der Waals surface area contributed by atoms with Gasteiger partial charge >= 0.3 is 65.1 Å². The predicted molar refractivity (Wildman–Crippen MR) is 209 cm³/mol. The quantitative estimate of drug-likeness (QED) is 0.0461. The molecule has 3 N–H and O–H groups in total. The minimum absolute atomic E-state index is 0. The molecule has 2 heterocycles. The van der Waals surface area contributed by atoms with Crippen molar-refractivity contribution in [3.05, 3.63) is 83.1 Å². The van der Waals surface area contributed by atoms with Crippen molar-refractivity contribution < 1.29 is 114 Å². The van der Waals surface area contributed by atoms with Gasteiger partial charge in [0.25, 0.3) is 20.2 Å². The van der Waals surface area contributed by atoms with Gasteiger partial charge in [0.1, 0.15) is 18.8 Å². The SMILES string of the molecule is CC[N+](CCCS(=O)(=O)O)=c1ccc2c(/C=C/C=C3/N(CCCCCC(=O)O)c4ccc(S(=O)(=O)O)cc4C3(C)CCOCCOCCOC)ccoc-2c1.[Na+].[Na+]. The Hall–Kier alpha value is -1.90.